The fraction of sp³-hybridized carbons (Fsp3) is 0.143. The highest BCUT2D eigenvalue weighted by molar-refractivity contribution is 6.36. The predicted octanol–water partition coefficient (Wildman–Crippen LogP) is 5.60. The van der Waals surface area contributed by atoms with Gasteiger partial charge in [-0.05, 0) is 48.4 Å². The number of hydrogen-bond acceptors (Lipinski definition) is 3. The van der Waals surface area contributed by atoms with Crippen molar-refractivity contribution in [3.63, 3.8) is 0 Å². The number of rotatable bonds is 4. The zero-order valence-electron chi connectivity index (χ0n) is 13.7. The van der Waals surface area contributed by atoms with Crippen LogP contribution >= 0.6 is 11.6 Å². The molecule has 3 nitrogen and oxygen atoms in total. The van der Waals surface area contributed by atoms with E-state index < -0.39 is 0 Å². The maximum absolute atomic E-state index is 6.70. The van der Waals surface area contributed by atoms with E-state index in [1.807, 2.05) is 61.5 Å². The van der Waals surface area contributed by atoms with Crippen molar-refractivity contribution in [3.05, 3.63) is 65.7 Å². The molecule has 0 fully saturated rings. The summed E-state index contributed by atoms with van der Waals surface area (Å²) >= 11 is 6.70. The van der Waals surface area contributed by atoms with Crippen molar-refractivity contribution in [1.29, 1.82) is 0 Å². The molecular formula is C21H16ClO3. The fourth-order valence-electron chi connectivity index (χ4n) is 2.86. The molecule has 25 heavy (non-hydrogen) atoms. The number of halogens is 1. The van der Waals surface area contributed by atoms with Crippen molar-refractivity contribution in [2.24, 2.45) is 0 Å². The zero-order chi connectivity index (χ0) is 17.2. The van der Waals surface area contributed by atoms with Gasteiger partial charge in [0.2, 0.25) is 6.79 Å². The summed E-state index contributed by atoms with van der Waals surface area (Å²) in [4.78, 5) is 0. The maximum atomic E-state index is 6.70. The Kier molecular flexibility index (Phi) is 4.24. The highest BCUT2D eigenvalue weighted by Crippen LogP contribution is 2.40. The molecule has 4 rings (SSSR count). The Bertz CT molecular complexity index is 904. The van der Waals surface area contributed by atoms with Gasteiger partial charge < -0.3 is 14.2 Å². The molecule has 0 N–H and O–H groups in total. The first-order valence-electron chi connectivity index (χ1n) is 8.09. The Hall–Kier alpha value is -2.65. The van der Waals surface area contributed by atoms with Crippen LogP contribution < -0.4 is 14.2 Å². The number of benzene rings is 3. The summed E-state index contributed by atoms with van der Waals surface area (Å²) in [5.74, 6) is 2.34. The molecule has 0 bridgehead atoms. The van der Waals surface area contributed by atoms with E-state index in [4.69, 9.17) is 25.8 Å². The summed E-state index contributed by atoms with van der Waals surface area (Å²) in [5, 5.41) is 0.658. The van der Waals surface area contributed by atoms with Gasteiger partial charge in [0.15, 0.2) is 11.5 Å². The van der Waals surface area contributed by atoms with Crippen LogP contribution in [-0.4, -0.2) is 13.4 Å². The van der Waals surface area contributed by atoms with E-state index in [0.717, 1.165) is 39.5 Å². The first-order valence-corrected chi connectivity index (χ1v) is 8.47. The van der Waals surface area contributed by atoms with Crippen molar-refractivity contribution >= 4 is 11.6 Å². The SMILES string of the molecule is CCOc1ccc(-c2[c]ccc(-c3ccc4c(c3)OCO4)c2Cl)cc1. The van der Waals surface area contributed by atoms with Crippen molar-refractivity contribution in [1.82, 2.24) is 0 Å². The summed E-state index contributed by atoms with van der Waals surface area (Å²) < 4.78 is 16.3. The molecule has 1 aliphatic heterocycles. The standard InChI is InChI=1S/C21H16ClO3/c1-2-23-16-9-6-14(7-10-16)17-4-3-5-18(21(17)22)15-8-11-19-20(12-15)25-13-24-19/h3,5-12H,2,13H2,1H3. The lowest BCUT2D eigenvalue weighted by molar-refractivity contribution is 0.174. The monoisotopic (exact) mass is 351 g/mol. The first-order chi connectivity index (χ1) is 12.3. The van der Waals surface area contributed by atoms with Crippen LogP contribution in [-0.2, 0) is 0 Å². The Morgan fingerprint density at radius 1 is 1.00 bits per heavy atom. The summed E-state index contributed by atoms with van der Waals surface area (Å²) in [6, 6.07) is 20.8. The van der Waals surface area contributed by atoms with Crippen molar-refractivity contribution in [3.8, 4) is 39.5 Å². The minimum atomic E-state index is 0.256. The normalized spacial score (nSPS) is 12.2. The molecule has 1 aliphatic rings. The van der Waals surface area contributed by atoms with Crippen molar-refractivity contribution in [2.75, 3.05) is 13.4 Å². The third-order valence-corrected chi connectivity index (χ3v) is 4.46. The van der Waals surface area contributed by atoms with Gasteiger partial charge in [-0.15, -0.1) is 0 Å². The summed E-state index contributed by atoms with van der Waals surface area (Å²) in [6.07, 6.45) is 0. The van der Waals surface area contributed by atoms with E-state index in [0.29, 0.717) is 11.6 Å². The molecule has 0 atom stereocenters. The van der Waals surface area contributed by atoms with Crippen LogP contribution in [0.5, 0.6) is 17.2 Å². The van der Waals surface area contributed by atoms with Gasteiger partial charge in [-0.2, -0.15) is 0 Å². The number of fused-ring (bicyclic) bond motifs is 1. The van der Waals surface area contributed by atoms with Crippen molar-refractivity contribution < 1.29 is 14.2 Å². The molecule has 0 saturated carbocycles. The molecule has 0 spiro atoms. The molecule has 125 valence electrons. The number of ether oxygens (including phenoxy) is 3. The fourth-order valence-corrected chi connectivity index (χ4v) is 3.20. The molecular weight excluding hydrogens is 336 g/mol. The lowest BCUT2D eigenvalue weighted by Crippen LogP contribution is -1.92. The molecule has 0 amide bonds. The maximum Gasteiger partial charge on any atom is 0.231 e. The third kappa shape index (κ3) is 3.03. The van der Waals surface area contributed by atoms with Gasteiger partial charge in [0.1, 0.15) is 5.75 Å². The second kappa shape index (κ2) is 6.69. The minimum Gasteiger partial charge on any atom is -0.494 e. The highest BCUT2D eigenvalue weighted by atomic mass is 35.5. The van der Waals surface area contributed by atoms with Crippen LogP contribution in [0.2, 0.25) is 5.02 Å². The smallest absolute Gasteiger partial charge is 0.231 e. The summed E-state index contributed by atoms with van der Waals surface area (Å²) in [5.41, 5.74) is 3.77. The lowest BCUT2D eigenvalue weighted by Gasteiger charge is -2.11. The molecule has 1 heterocycles. The van der Waals surface area contributed by atoms with Gasteiger partial charge in [0.05, 0.1) is 11.6 Å². The molecule has 0 unspecified atom stereocenters. The predicted molar refractivity (Wildman–Crippen MR) is 98.5 cm³/mol. The zero-order valence-corrected chi connectivity index (χ0v) is 14.5. The molecule has 3 aromatic carbocycles. The van der Waals surface area contributed by atoms with E-state index >= 15 is 0 Å². The Morgan fingerprint density at radius 2 is 1.76 bits per heavy atom. The average Bonchev–Trinajstić information content (AvgIpc) is 3.11. The molecule has 1 radical (unpaired) electrons. The largest absolute Gasteiger partial charge is 0.494 e. The van der Waals surface area contributed by atoms with Crippen LogP contribution in [0.15, 0.2) is 54.6 Å². The molecule has 3 aromatic rings. The van der Waals surface area contributed by atoms with E-state index in [1.165, 1.54) is 0 Å². The second-order valence-electron chi connectivity index (χ2n) is 5.61. The lowest BCUT2D eigenvalue weighted by atomic mass is 9.98. The summed E-state index contributed by atoms with van der Waals surface area (Å²) in [6.45, 7) is 2.87. The van der Waals surface area contributed by atoms with E-state index in [9.17, 15) is 0 Å². The van der Waals surface area contributed by atoms with Gasteiger partial charge in [0.25, 0.3) is 0 Å². The van der Waals surface area contributed by atoms with Gasteiger partial charge in [-0.25, -0.2) is 0 Å². The Balaban J connectivity index is 1.73. The van der Waals surface area contributed by atoms with Crippen LogP contribution in [0.25, 0.3) is 22.3 Å². The van der Waals surface area contributed by atoms with Gasteiger partial charge in [-0.3, -0.25) is 0 Å². The van der Waals surface area contributed by atoms with Gasteiger partial charge in [-0.1, -0.05) is 41.9 Å². The third-order valence-electron chi connectivity index (χ3n) is 4.07. The molecule has 0 aliphatic carbocycles. The van der Waals surface area contributed by atoms with E-state index in [2.05, 4.69) is 6.07 Å². The molecule has 0 saturated heterocycles. The molecule has 0 aromatic heterocycles. The van der Waals surface area contributed by atoms with Gasteiger partial charge in [0, 0.05) is 11.1 Å². The highest BCUT2D eigenvalue weighted by Gasteiger charge is 2.16. The summed E-state index contributed by atoms with van der Waals surface area (Å²) in [7, 11) is 0. The van der Waals surface area contributed by atoms with Gasteiger partial charge >= 0.3 is 0 Å². The first kappa shape index (κ1) is 15.9. The Morgan fingerprint density at radius 3 is 2.56 bits per heavy atom. The van der Waals surface area contributed by atoms with E-state index in [-0.39, 0.29) is 6.79 Å². The average molecular weight is 352 g/mol. The Labute approximate surface area is 151 Å². The number of hydrogen-bond donors (Lipinski definition) is 0. The van der Waals surface area contributed by atoms with E-state index in [1.54, 1.807) is 0 Å². The topological polar surface area (TPSA) is 27.7 Å². The quantitative estimate of drug-likeness (QED) is 0.612. The van der Waals surface area contributed by atoms with Crippen molar-refractivity contribution in [2.45, 2.75) is 6.92 Å². The van der Waals surface area contributed by atoms with Crippen LogP contribution in [0, 0.1) is 6.07 Å². The molecule has 4 heteroatoms. The minimum absolute atomic E-state index is 0.256. The second-order valence-corrected chi connectivity index (χ2v) is 5.98. The van der Waals surface area contributed by atoms with Crippen LogP contribution in [0.4, 0.5) is 0 Å². The van der Waals surface area contributed by atoms with Crippen LogP contribution in [0.1, 0.15) is 6.92 Å². The van der Waals surface area contributed by atoms with Crippen LogP contribution in [0.3, 0.4) is 0 Å².